The smallest absolute Gasteiger partial charge is 0.246 e. The maximum atomic E-state index is 12.7. The van der Waals surface area contributed by atoms with Gasteiger partial charge in [0.2, 0.25) is 10.0 Å². The fourth-order valence-electron chi connectivity index (χ4n) is 2.17. The van der Waals surface area contributed by atoms with Crippen LogP contribution < -0.4 is 4.74 Å². The van der Waals surface area contributed by atoms with Gasteiger partial charge in [0.25, 0.3) is 0 Å². The molecular formula is C13H18ClNO4S. The van der Waals surface area contributed by atoms with Crippen molar-refractivity contribution in [3.63, 3.8) is 0 Å². The lowest BCUT2D eigenvalue weighted by Gasteiger charge is -2.23. The fourth-order valence-corrected chi connectivity index (χ4v) is 3.91. The van der Waals surface area contributed by atoms with Crippen molar-refractivity contribution in [3.8, 4) is 5.75 Å². The van der Waals surface area contributed by atoms with Crippen molar-refractivity contribution in [2.45, 2.75) is 23.2 Å². The number of sulfonamides is 1. The second-order valence-electron chi connectivity index (χ2n) is 4.66. The summed E-state index contributed by atoms with van der Waals surface area (Å²) < 4.78 is 37.2. The summed E-state index contributed by atoms with van der Waals surface area (Å²) in [5.41, 5.74) is 0.738. The summed E-state index contributed by atoms with van der Waals surface area (Å²) in [6.07, 6.45) is 0.702. The molecule has 1 aliphatic rings. The van der Waals surface area contributed by atoms with Crippen molar-refractivity contribution in [2.24, 2.45) is 0 Å². The molecule has 1 fully saturated rings. The Balaban J connectivity index is 2.41. The number of ether oxygens (including phenoxy) is 2. The molecule has 0 radical (unpaired) electrons. The van der Waals surface area contributed by atoms with E-state index in [1.165, 1.54) is 11.4 Å². The summed E-state index contributed by atoms with van der Waals surface area (Å²) in [6, 6.07) is 4.81. The maximum absolute atomic E-state index is 12.7. The Labute approximate surface area is 124 Å². The van der Waals surface area contributed by atoms with Crippen LogP contribution in [-0.2, 0) is 20.6 Å². The second kappa shape index (κ2) is 6.30. The van der Waals surface area contributed by atoms with Crippen LogP contribution in [0.25, 0.3) is 0 Å². The van der Waals surface area contributed by atoms with Gasteiger partial charge in [-0.2, -0.15) is 4.31 Å². The molecule has 5 nitrogen and oxygen atoms in total. The molecule has 0 bridgehead atoms. The van der Waals surface area contributed by atoms with Crippen molar-refractivity contribution in [2.75, 3.05) is 27.4 Å². The number of benzene rings is 1. The molecule has 0 aromatic heterocycles. The normalized spacial score (nSPS) is 19.5. The van der Waals surface area contributed by atoms with Gasteiger partial charge in [0.15, 0.2) is 0 Å². The van der Waals surface area contributed by atoms with E-state index in [-0.39, 0.29) is 16.8 Å². The Morgan fingerprint density at radius 2 is 2.25 bits per heavy atom. The fraction of sp³-hybridized carbons (Fsp3) is 0.538. The topological polar surface area (TPSA) is 55.8 Å². The number of rotatable bonds is 5. The first-order chi connectivity index (χ1) is 9.50. The zero-order chi connectivity index (χ0) is 14.8. The summed E-state index contributed by atoms with van der Waals surface area (Å²) in [5, 5.41) is 0. The van der Waals surface area contributed by atoms with Gasteiger partial charge in [0.1, 0.15) is 10.6 Å². The molecule has 1 saturated heterocycles. The van der Waals surface area contributed by atoms with Crippen LogP contribution in [0, 0.1) is 0 Å². The molecule has 0 saturated carbocycles. The van der Waals surface area contributed by atoms with Gasteiger partial charge >= 0.3 is 0 Å². The zero-order valence-corrected chi connectivity index (χ0v) is 13.1. The van der Waals surface area contributed by atoms with Gasteiger partial charge in [-0.25, -0.2) is 8.42 Å². The Kier molecular flexibility index (Phi) is 4.90. The van der Waals surface area contributed by atoms with E-state index in [1.807, 2.05) is 0 Å². The van der Waals surface area contributed by atoms with Gasteiger partial charge < -0.3 is 9.47 Å². The zero-order valence-electron chi connectivity index (χ0n) is 11.5. The third kappa shape index (κ3) is 2.93. The highest BCUT2D eigenvalue weighted by Gasteiger charge is 2.32. The van der Waals surface area contributed by atoms with Gasteiger partial charge in [-0.1, -0.05) is 6.07 Å². The second-order valence-corrected chi connectivity index (χ2v) is 6.89. The minimum atomic E-state index is -3.63. The predicted molar refractivity (Wildman–Crippen MR) is 76.7 cm³/mol. The molecule has 1 atom stereocenters. The molecule has 1 aromatic carbocycles. The van der Waals surface area contributed by atoms with Crippen molar-refractivity contribution in [1.82, 2.24) is 4.31 Å². The van der Waals surface area contributed by atoms with E-state index >= 15 is 0 Å². The number of alkyl halides is 1. The monoisotopic (exact) mass is 319 g/mol. The number of halogens is 1. The highest BCUT2D eigenvalue weighted by atomic mass is 35.5. The van der Waals surface area contributed by atoms with Crippen LogP contribution in [0.3, 0.4) is 0 Å². The minimum absolute atomic E-state index is 0.135. The maximum Gasteiger partial charge on any atom is 0.246 e. The Hall–Kier alpha value is -0.820. The van der Waals surface area contributed by atoms with Crippen LogP contribution in [0.2, 0.25) is 0 Å². The van der Waals surface area contributed by atoms with Crippen molar-refractivity contribution >= 4 is 21.6 Å². The average Bonchev–Trinajstić information content (AvgIpc) is 2.99. The first kappa shape index (κ1) is 15.6. The Morgan fingerprint density at radius 3 is 2.80 bits per heavy atom. The molecule has 0 spiro atoms. The lowest BCUT2D eigenvalue weighted by Crippen LogP contribution is -2.37. The third-order valence-electron chi connectivity index (χ3n) is 3.46. The molecule has 2 rings (SSSR count). The van der Waals surface area contributed by atoms with Crippen LogP contribution in [0.4, 0.5) is 0 Å². The van der Waals surface area contributed by atoms with E-state index in [4.69, 9.17) is 21.1 Å². The lowest BCUT2D eigenvalue weighted by atomic mass is 10.2. The van der Waals surface area contributed by atoms with E-state index in [9.17, 15) is 8.42 Å². The van der Waals surface area contributed by atoms with Crippen LogP contribution >= 0.6 is 11.6 Å². The Bertz CT molecular complexity index is 570. The molecular weight excluding hydrogens is 302 g/mol. The van der Waals surface area contributed by atoms with Crippen molar-refractivity contribution < 1.29 is 17.9 Å². The first-order valence-electron chi connectivity index (χ1n) is 6.29. The summed E-state index contributed by atoms with van der Waals surface area (Å²) in [7, 11) is -0.605. The number of hydrogen-bond donors (Lipinski definition) is 0. The predicted octanol–water partition coefficient (Wildman–Crippen LogP) is 1.84. The number of nitrogens with zero attached hydrogens (tertiary/aromatic N) is 1. The molecule has 112 valence electrons. The number of likely N-dealkylation sites (N-methyl/N-ethyl adjacent to an activating group) is 1. The summed E-state index contributed by atoms with van der Waals surface area (Å²) in [5.74, 6) is 0.576. The van der Waals surface area contributed by atoms with E-state index in [0.29, 0.717) is 25.4 Å². The molecule has 0 aliphatic carbocycles. The lowest BCUT2D eigenvalue weighted by molar-refractivity contribution is 0.180. The minimum Gasteiger partial charge on any atom is -0.495 e. The molecule has 7 heteroatoms. The van der Waals surface area contributed by atoms with Crippen molar-refractivity contribution in [1.29, 1.82) is 0 Å². The van der Waals surface area contributed by atoms with Crippen molar-refractivity contribution in [3.05, 3.63) is 23.8 Å². The highest BCUT2D eigenvalue weighted by molar-refractivity contribution is 7.89. The van der Waals surface area contributed by atoms with E-state index in [1.54, 1.807) is 25.2 Å². The molecule has 1 aromatic rings. The molecule has 20 heavy (non-hydrogen) atoms. The molecule has 0 N–H and O–H groups in total. The van der Waals surface area contributed by atoms with Gasteiger partial charge in [-0.3, -0.25) is 0 Å². The van der Waals surface area contributed by atoms with Crippen LogP contribution in [-0.4, -0.2) is 46.1 Å². The molecule has 0 amide bonds. The van der Waals surface area contributed by atoms with Crippen LogP contribution in [0.1, 0.15) is 12.0 Å². The molecule has 1 aliphatic heterocycles. The van der Waals surface area contributed by atoms with E-state index in [0.717, 1.165) is 5.56 Å². The van der Waals surface area contributed by atoms with Crippen LogP contribution in [0.5, 0.6) is 5.75 Å². The molecule has 1 heterocycles. The molecule has 1 unspecified atom stereocenters. The van der Waals surface area contributed by atoms with Gasteiger partial charge in [0.05, 0.1) is 19.8 Å². The number of methoxy groups -OCH3 is 1. The van der Waals surface area contributed by atoms with Gasteiger partial charge in [-0.05, 0) is 24.1 Å². The largest absolute Gasteiger partial charge is 0.495 e. The first-order valence-corrected chi connectivity index (χ1v) is 8.27. The van der Waals surface area contributed by atoms with Crippen LogP contribution in [0.15, 0.2) is 23.1 Å². The highest BCUT2D eigenvalue weighted by Crippen LogP contribution is 2.29. The third-order valence-corrected chi connectivity index (χ3v) is 5.70. The standard InChI is InChI=1S/C13H18ClNO4S/c1-15(11-5-6-19-9-11)20(16,17)13-7-10(8-14)3-4-12(13)18-2/h3-4,7,11H,5-6,8-9H2,1-2H3. The van der Waals surface area contributed by atoms with Gasteiger partial charge in [0, 0.05) is 19.5 Å². The van der Waals surface area contributed by atoms with E-state index < -0.39 is 10.0 Å². The summed E-state index contributed by atoms with van der Waals surface area (Å²) in [4.78, 5) is 0.146. The SMILES string of the molecule is COc1ccc(CCl)cc1S(=O)(=O)N(C)C1CCOC1. The Morgan fingerprint density at radius 1 is 1.50 bits per heavy atom. The quantitative estimate of drug-likeness (QED) is 0.777. The van der Waals surface area contributed by atoms with E-state index in [2.05, 4.69) is 0 Å². The summed E-state index contributed by atoms with van der Waals surface area (Å²) >= 11 is 5.78. The van der Waals surface area contributed by atoms with Gasteiger partial charge in [-0.15, -0.1) is 11.6 Å². The summed E-state index contributed by atoms with van der Waals surface area (Å²) in [6.45, 7) is 1.01. The average molecular weight is 320 g/mol. The number of hydrogen-bond acceptors (Lipinski definition) is 4.